The molecule has 5 heteroatoms. The number of nitrogens with one attached hydrogen (secondary N) is 2. The number of anilines is 5. The van der Waals surface area contributed by atoms with Gasteiger partial charge in [0.05, 0.1) is 11.4 Å². The molecule has 2 aromatic carbocycles. The van der Waals surface area contributed by atoms with Gasteiger partial charge in [-0.15, -0.1) is 0 Å². The first-order valence-electron chi connectivity index (χ1n) is 6.40. The second-order valence-electron chi connectivity index (χ2n) is 4.45. The third-order valence-electron chi connectivity index (χ3n) is 2.82. The molecule has 0 aliphatic heterocycles. The molecular weight excluding hydrogens is 252 g/mol. The van der Waals surface area contributed by atoms with Gasteiger partial charge in [-0.2, -0.15) is 0 Å². The normalized spacial score (nSPS) is 10.1. The van der Waals surface area contributed by atoms with Crippen LogP contribution in [0.4, 0.5) is 28.4 Å². The second kappa shape index (κ2) is 5.97. The van der Waals surface area contributed by atoms with E-state index in [0.29, 0.717) is 17.8 Å². The fourth-order valence-corrected chi connectivity index (χ4v) is 1.77. The topological polar surface area (TPSA) is 93.2 Å². The molecule has 0 aliphatic carbocycles. The third-order valence-corrected chi connectivity index (χ3v) is 2.82. The van der Waals surface area contributed by atoms with Crippen LogP contribution in [0.2, 0.25) is 0 Å². The van der Waals surface area contributed by atoms with E-state index < -0.39 is 0 Å². The van der Waals surface area contributed by atoms with Gasteiger partial charge in [0.1, 0.15) is 0 Å². The van der Waals surface area contributed by atoms with Crippen molar-refractivity contribution < 1.29 is 4.79 Å². The molecule has 0 bridgehead atoms. The van der Waals surface area contributed by atoms with Crippen LogP contribution in [0, 0.1) is 0 Å². The molecule has 1 amide bonds. The third kappa shape index (κ3) is 3.41. The Labute approximate surface area is 118 Å². The molecule has 2 aromatic rings. The molecule has 0 saturated heterocycles. The molecule has 6 N–H and O–H groups in total. The highest BCUT2D eigenvalue weighted by molar-refractivity contribution is 5.91. The summed E-state index contributed by atoms with van der Waals surface area (Å²) in [5.74, 6) is -0.0193. The van der Waals surface area contributed by atoms with Gasteiger partial charge in [0.2, 0.25) is 5.91 Å². The quantitative estimate of drug-likeness (QED) is 0.643. The average Bonchev–Trinajstić information content (AvgIpc) is 2.42. The summed E-state index contributed by atoms with van der Waals surface area (Å²) < 4.78 is 0. The summed E-state index contributed by atoms with van der Waals surface area (Å²) in [5, 5.41) is 6.01. The lowest BCUT2D eigenvalue weighted by atomic mass is 10.2. The van der Waals surface area contributed by atoms with Crippen LogP contribution in [0.3, 0.4) is 0 Å². The minimum absolute atomic E-state index is 0.0193. The van der Waals surface area contributed by atoms with E-state index in [1.807, 2.05) is 37.3 Å². The van der Waals surface area contributed by atoms with Gasteiger partial charge < -0.3 is 22.1 Å². The van der Waals surface area contributed by atoms with Crippen LogP contribution in [0.5, 0.6) is 0 Å². The number of carbonyl (C=O) groups is 1. The minimum atomic E-state index is -0.0193. The zero-order chi connectivity index (χ0) is 14.5. The lowest BCUT2D eigenvalue weighted by molar-refractivity contribution is -0.115. The van der Waals surface area contributed by atoms with Gasteiger partial charge in [-0.3, -0.25) is 4.79 Å². The van der Waals surface area contributed by atoms with Gasteiger partial charge in [-0.1, -0.05) is 13.0 Å². The fraction of sp³-hybridized carbons (Fsp3) is 0.133. The summed E-state index contributed by atoms with van der Waals surface area (Å²) >= 11 is 0. The first-order valence-corrected chi connectivity index (χ1v) is 6.40. The van der Waals surface area contributed by atoms with Gasteiger partial charge in [-0.25, -0.2) is 0 Å². The summed E-state index contributed by atoms with van der Waals surface area (Å²) in [5.41, 5.74) is 15.1. The van der Waals surface area contributed by atoms with Crippen molar-refractivity contribution in [2.24, 2.45) is 0 Å². The Kier molecular flexibility index (Phi) is 4.10. The standard InChI is InChI=1S/C15H18N4O/c1-2-15(20)19-12-5-3-4-11(9-12)18-14-7-6-10(16)8-13(14)17/h3-9,18H,2,16-17H2,1H3,(H,19,20). The van der Waals surface area contributed by atoms with Crippen molar-refractivity contribution in [1.29, 1.82) is 0 Å². The van der Waals surface area contributed by atoms with Gasteiger partial charge >= 0.3 is 0 Å². The Morgan fingerprint density at radius 3 is 2.55 bits per heavy atom. The first-order chi connectivity index (χ1) is 9.58. The molecule has 104 valence electrons. The highest BCUT2D eigenvalue weighted by atomic mass is 16.1. The van der Waals surface area contributed by atoms with Crippen molar-refractivity contribution in [2.45, 2.75) is 13.3 Å². The van der Waals surface area contributed by atoms with E-state index in [1.54, 1.807) is 12.1 Å². The van der Waals surface area contributed by atoms with Crippen LogP contribution >= 0.6 is 0 Å². The number of hydrogen-bond donors (Lipinski definition) is 4. The van der Waals surface area contributed by atoms with Crippen LogP contribution in [-0.2, 0) is 4.79 Å². The van der Waals surface area contributed by atoms with Crippen molar-refractivity contribution >= 4 is 34.3 Å². The number of hydrogen-bond acceptors (Lipinski definition) is 4. The summed E-state index contributed by atoms with van der Waals surface area (Å²) in [7, 11) is 0. The molecule has 0 saturated carbocycles. The van der Waals surface area contributed by atoms with E-state index in [1.165, 1.54) is 0 Å². The molecule has 0 aromatic heterocycles. The Morgan fingerprint density at radius 2 is 1.85 bits per heavy atom. The summed E-state index contributed by atoms with van der Waals surface area (Å²) in [6.45, 7) is 1.81. The number of carbonyl (C=O) groups excluding carboxylic acids is 1. The molecule has 0 aliphatic rings. The number of rotatable bonds is 4. The summed E-state index contributed by atoms with van der Waals surface area (Å²) in [4.78, 5) is 11.4. The molecule has 5 nitrogen and oxygen atoms in total. The molecule has 2 rings (SSSR count). The number of amides is 1. The highest BCUT2D eigenvalue weighted by Crippen LogP contribution is 2.26. The second-order valence-corrected chi connectivity index (χ2v) is 4.45. The zero-order valence-electron chi connectivity index (χ0n) is 11.3. The van der Waals surface area contributed by atoms with Crippen LogP contribution in [-0.4, -0.2) is 5.91 Å². The molecule has 0 radical (unpaired) electrons. The maximum absolute atomic E-state index is 11.4. The smallest absolute Gasteiger partial charge is 0.224 e. The van der Waals surface area contributed by atoms with Gasteiger partial charge in [0.15, 0.2) is 0 Å². The SMILES string of the molecule is CCC(=O)Nc1cccc(Nc2ccc(N)cc2N)c1. The van der Waals surface area contributed by atoms with Crippen molar-refractivity contribution in [2.75, 3.05) is 22.1 Å². The van der Waals surface area contributed by atoms with E-state index in [-0.39, 0.29) is 5.91 Å². The maximum Gasteiger partial charge on any atom is 0.224 e. The molecular formula is C15H18N4O. The largest absolute Gasteiger partial charge is 0.399 e. The number of nitrogen functional groups attached to an aromatic ring is 2. The molecule has 20 heavy (non-hydrogen) atoms. The van der Waals surface area contributed by atoms with E-state index in [4.69, 9.17) is 11.5 Å². The minimum Gasteiger partial charge on any atom is -0.399 e. The molecule has 0 unspecified atom stereocenters. The van der Waals surface area contributed by atoms with Crippen LogP contribution in [0.15, 0.2) is 42.5 Å². The van der Waals surface area contributed by atoms with Crippen LogP contribution in [0.25, 0.3) is 0 Å². The lowest BCUT2D eigenvalue weighted by Gasteiger charge is -2.11. The Morgan fingerprint density at radius 1 is 1.10 bits per heavy atom. The fourth-order valence-electron chi connectivity index (χ4n) is 1.77. The van der Waals surface area contributed by atoms with Gasteiger partial charge in [0.25, 0.3) is 0 Å². The summed E-state index contributed by atoms with van der Waals surface area (Å²) in [6.07, 6.45) is 0.447. The molecule has 0 atom stereocenters. The number of benzene rings is 2. The molecule has 0 fully saturated rings. The van der Waals surface area contributed by atoms with E-state index >= 15 is 0 Å². The molecule has 0 spiro atoms. The van der Waals surface area contributed by atoms with Crippen LogP contribution in [0.1, 0.15) is 13.3 Å². The van der Waals surface area contributed by atoms with Gasteiger partial charge in [-0.05, 0) is 36.4 Å². The first kappa shape index (κ1) is 13.7. The summed E-state index contributed by atoms with van der Waals surface area (Å²) in [6, 6.07) is 12.8. The Bertz CT molecular complexity index is 625. The molecule has 0 heterocycles. The maximum atomic E-state index is 11.4. The van der Waals surface area contributed by atoms with Crippen molar-refractivity contribution in [3.8, 4) is 0 Å². The van der Waals surface area contributed by atoms with Crippen molar-refractivity contribution in [1.82, 2.24) is 0 Å². The Balaban J connectivity index is 2.17. The van der Waals surface area contributed by atoms with E-state index in [0.717, 1.165) is 17.1 Å². The predicted molar refractivity (Wildman–Crippen MR) is 83.9 cm³/mol. The highest BCUT2D eigenvalue weighted by Gasteiger charge is 2.03. The number of nitrogens with two attached hydrogens (primary N) is 2. The average molecular weight is 270 g/mol. The van der Waals surface area contributed by atoms with E-state index in [9.17, 15) is 4.79 Å². The zero-order valence-corrected chi connectivity index (χ0v) is 11.3. The van der Waals surface area contributed by atoms with Crippen molar-refractivity contribution in [3.63, 3.8) is 0 Å². The van der Waals surface area contributed by atoms with Crippen molar-refractivity contribution in [3.05, 3.63) is 42.5 Å². The van der Waals surface area contributed by atoms with Gasteiger partial charge in [0, 0.05) is 23.5 Å². The lowest BCUT2D eigenvalue weighted by Crippen LogP contribution is -2.09. The monoisotopic (exact) mass is 270 g/mol. The van der Waals surface area contributed by atoms with Crippen LogP contribution < -0.4 is 22.1 Å². The Hall–Kier alpha value is -2.69. The van der Waals surface area contributed by atoms with E-state index in [2.05, 4.69) is 10.6 Å². The predicted octanol–water partition coefficient (Wildman–Crippen LogP) is 2.94.